The lowest BCUT2D eigenvalue weighted by molar-refractivity contribution is 0.0491. The van der Waals surface area contributed by atoms with Gasteiger partial charge in [-0.1, -0.05) is 12.8 Å². The number of hydrogen-bond acceptors (Lipinski definition) is 10. The van der Waals surface area contributed by atoms with Crippen LogP contribution in [0.15, 0.2) is 40.8 Å². The standard InChI is InChI=1S/C30H38N10O2/c1-30(2,3)42-29(41)38-23-10-8-21(9-11-23)33-18-26(39-32)24-17-34-27(13-25(24)37-22-6-4-5-7-22)40-28-20(16-36-40)12-19(14-31)15-35-28/h12-13,15-18,21-23H,4-11,32H2,1-3H3,(H,34,37)(H,38,41)/b33-18?,39-26+. The number of nitrogens with one attached hydrogen (secondary N) is 2. The highest BCUT2D eigenvalue weighted by atomic mass is 16.6. The molecule has 0 unspecified atom stereocenters. The Morgan fingerprint density at radius 3 is 2.55 bits per heavy atom. The van der Waals surface area contributed by atoms with Crippen molar-refractivity contribution in [2.75, 3.05) is 5.32 Å². The van der Waals surface area contributed by atoms with Crippen LogP contribution in [0.3, 0.4) is 0 Å². The van der Waals surface area contributed by atoms with Crippen LogP contribution in [0.1, 0.15) is 83.3 Å². The monoisotopic (exact) mass is 570 g/mol. The first-order valence-corrected chi connectivity index (χ1v) is 14.5. The van der Waals surface area contributed by atoms with Crippen molar-refractivity contribution in [1.29, 1.82) is 5.26 Å². The number of rotatable bonds is 7. The first kappa shape index (κ1) is 29.0. The second kappa shape index (κ2) is 12.5. The molecule has 0 radical (unpaired) electrons. The van der Waals surface area contributed by atoms with Gasteiger partial charge in [-0.2, -0.15) is 20.1 Å². The van der Waals surface area contributed by atoms with Gasteiger partial charge in [-0.15, -0.1) is 0 Å². The summed E-state index contributed by atoms with van der Waals surface area (Å²) in [6, 6.07) is 6.33. The van der Waals surface area contributed by atoms with Crippen molar-refractivity contribution in [2.45, 2.75) is 95.9 Å². The Bertz CT molecular complexity index is 1520. The smallest absolute Gasteiger partial charge is 0.407 e. The molecule has 0 saturated heterocycles. The molecule has 0 atom stereocenters. The predicted molar refractivity (Wildman–Crippen MR) is 162 cm³/mol. The fraction of sp³-hybridized carbons (Fsp3) is 0.500. The normalized spacial score (nSPS) is 20.1. The summed E-state index contributed by atoms with van der Waals surface area (Å²) in [6.45, 7) is 5.57. The van der Waals surface area contributed by atoms with E-state index in [1.54, 1.807) is 29.4 Å². The number of hydrogen-bond donors (Lipinski definition) is 3. The number of aromatic nitrogens is 4. The van der Waals surface area contributed by atoms with Crippen molar-refractivity contribution in [1.82, 2.24) is 25.1 Å². The Kier molecular flexibility index (Phi) is 8.66. The fourth-order valence-corrected chi connectivity index (χ4v) is 5.52. The number of pyridine rings is 2. The average molecular weight is 571 g/mol. The minimum Gasteiger partial charge on any atom is -0.444 e. The molecule has 2 fully saturated rings. The van der Waals surface area contributed by atoms with Gasteiger partial charge in [0.25, 0.3) is 0 Å². The zero-order chi connectivity index (χ0) is 29.7. The minimum atomic E-state index is -0.521. The lowest BCUT2D eigenvalue weighted by Crippen LogP contribution is -2.41. The Hall–Kier alpha value is -4.53. The maximum Gasteiger partial charge on any atom is 0.407 e. The number of alkyl carbamates (subject to hydrolysis) is 1. The highest BCUT2D eigenvalue weighted by molar-refractivity contribution is 6.39. The van der Waals surface area contributed by atoms with E-state index in [4.69, 9.17) is 15.6 Å². The third-order valence-corrected chi connectivity index (χ3v) is 7.60. The summed E-state index contributed by atoms with van der Waals surface area (Å²) in [4.78, 5) is 26.1. The van der Waals surface area contributed by atoms with Crippen LogP contribution < -0.4 is 16.5 Å². The number of anilines is 1. The highest BCUT2D eigenvalue weighted by Crippen LogP contribution is 2.27. The van der Waals surface area contributed by atoms with Gasteiger partial charge in [0.15, 0.2) is 11.5 Å². The summed E-state index contributed by atoms with van der Waals surface area (Å²) in [6.07, 6.45) is 14.2. The van der Waals surface area contributed by atoms with Crippen LogP contribution in [0.2, 0.25) is 0 Å². The lowest BCUT2D eigenvalue weighted by atomic mass is 9.91. The van der Waals surface area contributed by atoms with Gasteiger partial charge in [0.05, 0.1) is 17.8 Å². The van der Waals surface area contributed by atoms with E-state index >= 15 is 0 Å². The molecule has 0 aromatic carbocycles. The number of ether oxygens (including phenoxy) is 1. The molecule has 0 spiro atoms. The largest absolute Gasteiger partial charge is 0.444 e. The second-order valence-electron chi connectivity index (χ2n) is 12.0. The number of nitrogens with zero attached hydrogens (tertiary/aromatic N) is 7. The van der Waals surface area contributed by atoms with Crippen LogP contribution in [0.5, 0.6) is 0 Å². The first-order chi connectivity index (χ1) is 20.2. The summed E-state index contributed by atoms with van der Waals surface area (Å²) < 4.78 is 7.05. The van der Waals surface area contributed by atoms with Crippen molar-refractivity contribution in [3.05, 3.63) is 41.9 Å². The number of nitrogens with two attached hydrogens (primary N) is 1. The molecule has 0 bridgehead atoms. The van der Waals surface area contributed by atoms with Gasteiger partial charge in [-0.05, 0) is 65.4 Å². The van der Waals surface area contributed by atoms with Crippen molar-refractivity contribution in [3.8, 4) is 11.9 Å². The van der Waals surface area contributed by atoms with Gasteiger partial charge < -0.3 is 21.2 Å². The number of carbonyl (C=O) groups excluding carboxylic acids is 1. The van der Waals surface area contributed by atoms with Crippen molar-refractivity contribution < 1.29 is 9.53 Å². The quantitative estimate of drug-likeness (QED) is 0.210. The SMILES string of the molecule is CC(C)(C)OC(=O)NC1CCC(N=C/C(=N\N)c2cnc(-n3ncc4cc(C#N)cnc43)cc2NC2CCCC2)CC1. The zero-order valence-corrected chi connectivity index (χ0v) is 24.4. The van der Waals surface area contributed by atoms with E-state index in [-0.39, 0.29) is 18.2 Å². The predicted octanol–water partition coefficient (Wildman–Crippen LogP) is 4.61. The lowest BCUT2D eigenvalue weighted by Gasteiger charge is -2.28. The Morgan fingerprint density at radius 1 is 1.10 bits per heavy atom. The molecule has 220 valence electrons. The van der Waals surface area contributed by atoms with E-state index in [0.29, 0.717) is 28.8 Å². The van der Waals surface area contributed by atoms with Crippen LogP contribution in [0.4, 0.5) is 10.5 Å². The third kappa shape index (κ3) is 7.02. The summed E-state index contributed by atoms with van der Waals surface area (Å²) in [5.74, 6) is 6.48. The third-order valence-electron chi connectivity index (χ3n) is 7.60. The molecule has 12 heteroatoms. The van der Waals surface area contributed by atoms with Gasteiger partial charge in [0.1, 0.15) is 17.4 Å². The molecule has 12 nitrogen and oxygen atoms in total. The molecule has 3 aromatic rings. The Balaban J connectivity index is 1.32. The van der Waals surface area contributed by atoms with Gasteiger partial charge in [-0.25, -0.2) is 14.8 Å². The zero-order valence-electron chi connectivity index (χ0n) is 24.4. The molecule has 2 aliphatic carbocycles. The Morgan fingerprint density at radius 2 is 1.86 bits per heavy atom. The van der Waals surface area contributed by atoms with E-state index in [9.17, 15) is 10.1 Å². The van der Waals surface area contributed by atoms with E-state index in [0.717, 1.165) is 55.2 Å². The van der Waals surface area contributed by atoms with Gasteiger partial charge in [-0.3, -0.25) is 4.99 Å². The summed E-state index contributed by atoms with van der Waals surface area (Å²) >= 11 is 0. The second-order valence-corrected chi connectivity index (χ2v) is 12.0. The number of fused-ring (bicyclic) bond motifs is 1. The van der Waals surface area contributed by atoms with Crippen LogP contribution in [0.25, 0.3) is 16.9 Å². The molecule has 2 aliphatic rings. The number of amides is 1. The molecule has 5 rings (SSSR count). The van der Waals surface area contributed by atoms with Gasteiger partial charge in [0.2, 0.25) is 0 Å². The molecule has 3 heterocycles. The maximum atomic E-state index is 12.1. The summed E-state index contributed by atoms with van der Waals surface area (Å²) in [7, 11) is 0. The molecule has 42 heavy (non-hydrogen) atoms. The number of aliphatic imine (C=N–C) groups is 1. The fourth-order valence-electron chi connectivity index (χ4n) is 5.52. The number of nitriles is 1. The van der Waals surface area contributed by atoms with Crippen LogP contribution >= 0.6 is 0 Å². The van der Waals surface area contributed by atoms with Crippen LogP contribution in [-0.4, -0.2) is 61.5 Å². The van der Waals surface area contributed by atoms with E-state index in [1.807, 2.05) is 26.8 Å². The van der Waals surface area contributed by atoms with Crippen LogP contribution in [0, 0.1) is 11.3 Å². The minimum absolute atomic E-state index is 0.0762. The Labute approximate surface area is 245 Å². The van der Waals surface area contributed by atoms with Gasteiger partial charge in [0, 0.05) is 53.4 Å². The number of hydrazone groups is 1. The number of carbonyl (C=O) groups is 1. The van der Waals surface area contributed by atoms with Crippen molar-refractivity contribution in [3.63, 3.8) is 0 Å². The average Bonchev–Trinajstić information content (AvgIpc) is 3.63. The van der Waals surface area contributed by atoms with Crippen molar-refractivity contribution >= 4 is 34.7 Å². The molecule has 1 amide bonds. The molecule has 0 aliphatic heterocycles. The van der Waals surface area contributed by atoms with Crippen molar-refractivity contribution in [2.24, 2.45) is 15.9 Å². The van der Waals surface area contributed by atoms with Gasteiger partial charge >= 0.3 is 6.09 Å². The molecule has 2 saturated carbocycles. The summed E-state index contributed by atoms with van der Waals surface area (Å²) in [5.41, 5.74) is 2.72. The molecular formula is C30H38N10O2. The topological polar surface area (TPSA) is 168 Å². The van der Waals surface area contributed by atoms with E-state index in [2.05, 4.69) is 36.9 Å². The maximum absolute atomic E-state index is 12.1. The molecule has 4 N–H and O–H groups in total. The van der Waals surface area contributed by atoms with Crippen LogP contribution in [-0.2, 0) is 4.74 Å². The summed E-state index contributed by atoms with van der Waals surface area (Å²) in [5, 5.41) is 25.2. The first-order valence-electron chi connectivity index (χ1n) is 14.5. The molecule has 3 aromatic heterocycles. The van der Waals surface area contributed by atoms with E-state index in [1.165, 1.54) is 19.0 Å². The highest BCUT2D eigenvalue weighted by Gasteiger charge is 2.25. The molecular weight excluding hydrogens is 532 g/mol. The van der Waals surface area contributed by atoms with E-state index < -0.39 is 5.60 Å².